The molecule has 1 saturated heterocycles. The van der Waals surface area contributed by atoms with Crippen LogP contribution in [0.2, 0.25) is 0 Å². The van der Waals surface area contributed by atoms with Crippen LogP contribution in [0.4, 0.5) is 0 Å². The molecule has 0 bridgehead atoms. The molecular formula is C25H26Ac3NO7P. The molecule has 3 radical (unpaired) electrons. The van der Waals surface area contributed by atoms with E-state index in [-0.39, 0.29) is 138 Å². The van der Waals surface area contributed by atoms with E-state index in [4.69, 9.17) is 4.74 Å². The Bertz CT molecular complexity index is 1150. The number of aliphatic hydroxyl groups excluding tert-OH is 4. The summed E-state index contributed by atoms with van der Waals surface area (Å²) in [5.41, 5.74) is 0.0942. The molecular weight excluding hydrogens is 1140 g/mol. The van der Waals surface area contributed by atoms with Gasteiger partial charge in [0.15, 0.2) is 13.4 Å². The van der Waals surface area contributed by atoms with Crippen molar-refractivity contribution in [3.8, 4) is 0 Å². The topological polar surface area (TPSA) is 136 Å². The molecule has 0 aromatic heterocycles. The van der Waals surface area contributed by atoms with E-state index in [2.05, 4.69) is 5.32 Å². The van der Waals surface area contributed by atoms with Crippen molar-refractivity contribution in [2.45, 2.75) is 30.6 Å². The monoisotopic (exact) mass is 1160 g/mol. The first kappa shape index (κ1) is 36.5. The fourth-order valence-corrected chi connectivity index (χ4v) is 6.98. The van der Waals surface area contributed by atoms with Crippen molar-refractivity contribution in [2.75, 3.05) is 6.61 Å². The second-order valence-corrected chi connectivity index (χ2v) is 10.8. The molecule has 1 heterocycles. The molecule has 12 heteroatoms. The van der Waals surface area contributed by atoms with Gasteiger partial charge in [-0.25, -0.2) is 0 Å². The van der Waals surface area contributed by atoms with Crippen molar-refractivity contribution in [1.29, 1.82) is 0 Å². The maximum atomic E-state index is 14.7. The Balaban J connectivity index is 0.00000228. The Kier molecular flexibility index (Phi) is 16.6. The molecule has 3 unspecified atom stereocenters. The predicted molar refractivity (Wildman–Crippen MR) is 127 cm³/mol. The molecule has 1 aliphatic rings. The largest absolute Gasteiger partial charge is 0.394 e. The van der Waals surface area contributed by atoms with E-state index in [1.807, 2.05) is 12.1 Å². The predicted octanol–water partition coefficient (Wildman–Crippen LogP) is -0.144. The zero-order valence-electron chi connectivity index (χ0n) is 19.9. The van der Waals surface area contributed by atoms with Gasteiger partial charge in [-0.1, -0.05) is 78.9 Å². The summed E-state index contributed by atoms with van der Waals surface area (Å²) in [7, 11) is -3.48. The van der Waals surface area contributed by atoms with Crippen LogP contribution in [0.3, 0.4) is 0 Å². The number of carbonyl (C=O) groups is 1. The molecule has 8 nitrogen and oxygen atoms in total. The van der Waals surface area contributed by atoms with Crippen LogP contribution in [0.25, 0.3) is 0 Å². The van der Waals surface area contributed by atoms with Crippen molar-refractivity contribution >= 4 is 29.0 Å². The molecule has 0 saturated carbocycles. The van der Waals surface area contributed by atoms with Gasteiger partial charge in [-0.05, 0) is 6.07 Å². The minimum atomic E-state index is -3.48. The average molecular weight is 1160 g/mol. The summed E-state index contributed by atoms with van der Waals surface area (Å²) in [6.07, 6.45) is -5.97. The van der Waals surface area contributed by atoms with Gasteiger partial charge in [0.1, 0.15) is 24.4 Å². The van der Waals surface area contributed by atoms with E-state index in [0.29, 0.717) is 15.9 Å². The van der Waals surface area contributed by atoms with Gasteiger partial charge >= 0.3 is 0 Å². The Morgan fingerprint density at radius 3 is 1.78 bits per heavy atom. The summed E-state index contributed by atoms with van der Waals surface area (Å²) in [6.45, 7) is -0.615. The van der Waals surface area contributed by atoms with Crippen molar-refractivity contribution in [2.24, 2.45) is 0 Å². The summed E-state index contributed by atoms with van der Waals surface area (Å²) < 4.78 is 19.9. The normalized spacial score (nSPS) is 23.0. The minimum Gasteiger partial charge on any atom is -0.394 e. The van der Waals surface area contributed by atoms with E-state index < -0.39 is 50.3 Å². The zero-order chi connectivity index (χ0) is 24.3. The number of aliphatic hydroxyl groups is 4. The molecule has 0 spiro atoms. The number of amides is 1. The molecule has 5 atom stereocenters. The van der Waals surface area contributed by atoms with E-state index in [1.54, 1.807) is 66.7 Å². The van der Waals surface area contributed by atoms with Crippen molar-refractivity contribution < 1.29 is 167 Å². The Labute approximate surface area is 323 Å². The molecule has 1 aliphatic heterocycles. The Morgan fingerprint density at radius 1 is 0.784 bits per heavy atom. The molecule has 5 N–H and O–H groups in total. The van der Waals surface area contributed by atoms with Gasteiger partial charge in [0.05, 0.1) is 12.2 Å². The van der Waals surface area contributed by atoms with Crippen LogP contribution in [0.15, 0.2) is 84.9 Å². The third kappa shape index (κ3) is 8.07. The molecule has 4 rings (SSSR count). The maximum absolute atomic E-state index is 14.7. The number of rotatable bonds is 6. The van der Waals surface area contributed by atoms with E-state index >= 15 is 0 Å². The summed E-state index contributed by atoms with van der Waals surface area (Å²) in [5.74, 6) is -0.705. The quantitative estimate of drug-likeness (QED) is 0.217. The van der Waals surface area contributed by atoms with Crippen LogP contribution in [0.1, 0.15) is 10.4 Å². The summed E-state index contributed by atoms with van der Waals surface area (Å²) in [4.78, 5) is 13.4. The van der Waals surface area contributed by atoms with Crippen molar-refractivity contribution in [3.63, 3.8) is 0 Å². The van der Waals surface area contributed by atoms with Crippen LogP contribution in [0.5, 0.6) is 0 Å². The Hall–Kier alpha value is 1.48. The van der Waals surface area contributed by atoms with Crippen molar-refractivity contribution in [1.82, 2.24) is 5.32 Å². The number of benzene rings is 3. The standard InChI is InChI=1S/C25H26NO7P.3Ac/c27-15-19-22(28)23(29)21(25(31)33-19)26-24(30)18-13-7-8-14-20(18)34(32,16-9-3-1-4-10-16)17-11-5-2-6-12-17;;;/h1-14,19,21-23,25,27-29,31H,15H2,(H,26,30);;;/t19?,21-,22+,23?,25?;;;/m1.../s1. The summed E-state index contributed by atoms with van der Waals surface area (Å²) >= 11 is 0. The molecule has 1 fully saturated rings. The third-order valence-electron chi connectivity index (χ3n) is 5.93. The number of nitrogens with one attached hydrogen (secondary N) is 1. The van der Waals surface area contributed by atoms with Gasteiger partial charge in [0.25, 0.3) is 5.91 Å². The van der Waals surface area contributed by atoms with Crippen LogP contribution in [-0.4, -0.2) is 63.6 Å². The summed E-state index contributed by atoms with van der Waals surface area (Å²) in [6, 6.07) is 22.8. The first-order valence-corrected chi connectivity index (χ1v) is 12.5. The molecule has 187 valence electrons. The van der Waals surface area contributed by atoms with Crippen LogP contribution < -0.4 is 21.2 Å². The third-order valence-corrected chi connectivity index (χ3v) is 9.04. The smallest absolute Gasteiger partial charge is 0.252 e. The average Bonchev–Trinajstić information content (AvgIpc) is 2.89. The van der Waals surface area contributed by atoms with Crippen LogP contribution in [-0.2, 0) is 9.30 Å². The molecule has 3 aromatic carbocycles. The molecule has 37 heavy (non-hydrogen) atoms. The first-order chi connectivity index (χ1) is 16.4. The fraction of sp³-hybridized carbons (Fsp3) is 0.240. The second-order valence-electron chi connectivity index (χ2n) is 8.03. The molecule has 0 aliphatic carbocycles. The van der Waals surface area contributed by atoms with Crippen molar-refractivity contribution in [3.05, 3.63) is 90.5 Å². The molecule has 3 aromatic rings. The number of hydrogen-bond acceptors (Lipinski definition) is 7. The minimum absolute atomic E-state index is 0. The van der Waals surface area contributed by atoms with Crippen LogP contribution in [0, 0.1) is 132 Å². The second kappa shape index (κ2) is 16.8. The maximum Gasteiger partial charge on any atom is 0.252 e. The number of hydrogen-bond donors (Lipinski definition) is 5. The van der Waals surface area contributed by atoms with Gasteiger partial charge < -0.3 is 35.0 Å². The van der Waals surface area contributed by atoms with Gasteiger partial charge in [0, 0.05) is 148 Å². The fourth-order valence-electron chi connectivity index (χ4n) is 4.13. The SMILES string of the molecule is O=C(N[C@H]1C(O)OC(CO)[C@H](O)C1O)c1ccccc1P(=O)(c1ccccc1)c1ccccc1.[Ac].[Ac].[Ac]. The van der Waals surface area contributed by atoms with Gasteiger partial charge in [-0.15, -0.1) is 0 Å². The summed E-state index contributed by atoms with van der Waals surface area (Å²) in [5, 5.41) is 44.0. The molecule has 1 amide bonds. The van der Waals surface area contributed by atoms with E-state index in [1.165, 1.54) is 6.07 Å². The van der Waals surface area contributed by atoms with Gasteiger partial charge in [0.2, 0.25) is 0 Å². The van der Waals surface area contributed by atoms with Gasteiger partial charge in [-0.2, -0.15) is 0 Å². The van der Waals surface area contributed by atoms with Crippen LogP contribution >= 0.6 is 7.14 Å². The first-order valence-electron chi connectivity index (χ1n) is 10.8. The number of carbonyl (C=O) groups excluding carboxylic acids is 1. The zero-order valence-corrected chi connectivity index (χ0v) is 35.0. The number of ether oxygens (including phenoxy) is 1. The van der Waals surface area contributed by atoms with E-state index in [0.717, 1.165) is 0 Å². The van der Waals surface area contributed by atoms with E-state index in [9.17, 15) is 29.8 Å². The van der Waals surface area contributed by atoms with Gasteiger partial charge in [-0.3, -0.25) is 4.79 Å². The Morgan fingerprint density at radius 2 is 1.27 bits per heavy atom.